The molecule has 2 rings (SSSR count). The molecule has 0 aromatic heterocycles. The van der Waals surface area contributed by atoms with Crippen molar-refractivity contribution in [3.8, 4) is 5.75 Å². The molecular weight excluding hydrogens is 304 g/mol. The first-order valence-corrected chi connectivity index (χ1v) is 7.07. The minimum Gasteiger partial charge on any atom is -0.502 e. The third-order valence-electron chi connectivity index (χ3n) is 3.19. The Morgan fingerprint density at radius 2 is 1.91 bits per heavy atom. The van der Waals surface area contributed by atoms with Crippen molar-refractivity contribution in [2.24, 2.45) is 4.99 Å². The molecule has 0 heterocycles. The first-order chi connectivity index (χ1) is 10.4. The van der Waals surface area contributed by atoms with Crippen LogP contribution < -0.4 is 0 Å². The molecule has 2 aromatic rings. The lowest BCUT2D eigenvalue weighted by atomic mass is 10.0. The van der Waals surface area contributed by atoms with Crippen LogP contribution in [0, 0.1) is 10.1 Å². The fourth-order valence-corrected chi connectivity index (χ4v) is 2.15. The van der Waals surface area contributed by atoms with Crippen LogP contribution in [0.3, 0.4) is 0 Å². The van der Waals surface area contributed by atoms with E-state index in [-0.39, 0.29) is 10.6 Å². The number of halogens is 1. The molecule has 0 aliphatic heterocycles. The Kier molecular flexibility index (Phi) is 4.78. The number of nitro groups is 1. The van der Waals surface area contributed by atoms with Crippen molar-refractivity contribution < 1.29 is 10.0 Å². The Hall–Kier alpha value is -2.40. The number of phenols is 1. The van der Waals surface area contributed by atoms with Crippen molar-refractivity contribution in [2.45, 2.75) is 19.8 Å². The molecule has 0 atom stereocenters. The molecule has 0 unspecified atom stereocenters. The number of phenolic OH excluding ortho intramolecular Hbond substituents is 1. The number of rotatable bonds is 4. The van der Waals surface area contributed by atoms with Gasteiger partial charge in [0.2, 0.25) is 5.75 Å². The lowest BCUT2D eigenvalue weighted by Crippen LogP contribution is -1.92. The second-order valence-electron chi connectivity index (χ2n) is 5.12. The van der Waals surface area contributed by atoms with E-state index in [4.69, 9.17) is 11.6 Å². The van der Waals surface area contributed by atoms with E-state index >= 15 is 0 Å². The van der Waals surface area contributed by atoms with Crippen LogP contribution in [0.4, 0.5) is 11.4 Å². The highest BCUT2D eigenvalue weighted by atomic mass is 35.5. The minimum absolute atomic E-state index is 0.168. The highest BCUT2D eigenvalue weighted by Crippen LogP contribution is 2.32. The highest BCUT2D eigenvalue weighted by Gasteiger charge is 2.17. The summed E-state index contributed by atoms with van der Waals surface area (Å²) in [5.74, 6) is -0.0189. The van der Waals surface area contributed by atoms with E-state index in [0.29, 0.717) is 11.6 Å². The second-order valence-corrected chi connectivity index (χ2v) is 5.56. The molecule has 1 N–H and O–H groups in total. The van der Waals surface area contributed by atoms with E-state index in [2.05, 4.69) is 18.8 Å². The SMILES string of the molecule is CC(C)c1ccc(N=Cc2cc(Cl)cc([N+](=O)[O-])c2O)cc1. The van der Waals surface area contributed by atoms with Crippen LogP contribution in [0.15, 0.2) is 41.4 Å². The van der Waals surface area contributed by atoms with Gasteiger partial charge in [-0.1, -0.05) is 37.6 Å². The van der Waals surface area contributed by atoms with Crippen molar-refractivity contribution in [2.75, 3.05) is 0 Å². The van der Waals surface area contributed by atoms with E-state index in [0.717, 1.165) is 6.07 Å². The first-order valence-electron chi connectivity index (χ1n) is 6.69. The molecule has 5 nitrogen and oxygen atoms in total. The maximum absolute atomic E-state index is 10.8. The summed E-state index contributed by atoms with van der Waals surface area (Å²) in [6.07, 6.45) is 1.36. The fourth-order valence-electron chi connectivity index (χ4n) is 1.93. The summed E-state index contributed by atoms with van der Waals surface area (Å²) in [4.78, 5) is 14.4. The zero-order chi connectivity index (χ0) is 16.3. The standard InChI is InChI=1S/C16H15ClN2O3/c1-10(2)11-3-5-14(6-4-11)18-9-12-7-13(17)8-15(16(12)20)19(21)22/h3-10,20H,1-2H3. The number of benzene rings is 2. The van der Waals surface area contributed by atoms with Gasteiger partial charge in [-0.2, -0.15) is 0 Å². The van der Waals surface area contributed by atoms with Gasteiger partial charge >= 0.3 is 5.69 Å². The normalized spacial score (nSPS) is 11.3. The average Bonchev–Trinajstić information content (AvgIpc) is 2.47. The predicted molar refractivity (Wildman–Crippen MR) is 87.6 cm³/mol. The van der Waals surface area contributed by atoms with Crippen molar-refractivity contribution in [1.29, 1.82) is 0 Å². The summed E-state index contributed by atoms with van der Waals surface area (Å²) in [5, 5.41) is 20.9. The first kappa shape index (κ1) is 16.0. The van der Waals surface area contributed by atoms with Gasteiger partial charge in [0.25, 0.3) is 0 Å². The smallest absolute Gasteiger partial charge is 0.312 e. The van der Waals surface area contributed by atoms with Gasteiger partial charge in [0.1, 0.15) is 0 Å². The zero-order valence-corrected chi connectivity index (χ0v) is 12.9. The zero-order valence-electron chi connectivity index (χ0n) is 12.2. The number of nitro benzene ring substituents is 1. The monoisotopic (exact) mass is 318 g/mol. The van der Waals surface area contributed by atoms with Crippen molar-refractivity contribution in [1.82, 2.24) is 0 Å². The maximum atomic E-state index is 10.8. The van der Waals surface area contributed by atoms with Crippen LogP contribution in [0.25, 0.3) is 0 Å². The van der Waals surface area contributed by atoms with Gasteiger partial charge in [-0.25, -0.2) is 0 Å². The molecule has 22 heavy (non-hydrogen) atoms. The van der Waals surface area contributed by atoms with E-state index < -0.39 is 16.4 Å². The Morgan fingerprint density at radius 1 is 1.27 bits per heavy atom. The lowest BCUT2D eigenvalue weighted by molar-refractivity contribution is -0.385. The Labute approximate surface area is 133 Å². The Bertz CT molecular complexity index is 725. The molecule has 0 radical (unpaired) electrons. The molecule has 0 aliphatic rings. The molecule has 0 saturated carbocycles. The predicted octanol–water partition coefficient (Wildman–Crippen LogP) is 4.83. The number of aliphatic imine (C=N–C) groups is 1. The van der Waals surface area contributed by atoms with Gasteiger partial charge in [0.15, 0.2) is 0 Å². The summed E-state index contributed by atoms with van der Waals surface area (Å²) in [7, 11) is 0. The quantitative estimate of drug-likeness (QED) is 0.498. The number of hydrogen-bond acceptors (Lipinski definition) is 4. The van der Waals surface area contributed by atoms with Crippen molar-refractivity contribution >= 4 is 29.2 Å². The van der Waals surface area contributed by atoms with Crippen LogP contribution in [0.2, 0.25) is 5.02 Å². The molecule has 6 heteroatoms. The minimum atomic E-state index is -0.685. The third kappa shape index (κ3) is 3.62. The van der Waals surface area contributed by atoms with Crippen LogP contribution in [0.1, 0.15) is 30.9 Å². The molecule has 114 valence electrons. The van der Waals surface area contributed by atoms with Gasteiger partial charge in [-0.3, -0.25) is 15.1 Å². The summed E-state index contributed by atoms with van der Waals surface area (Å²) in [5.41, 5.74) is 1.64. The largest absolute Gasteiger partial charge is 0.502 e. The van der Waals surface area contributed by atoms with Gasteiger partial charge in [-0.15, -0.1) is 0 Å². The van der Waals surface area contributed by atoms with Crippen molar-refractivity contribution in [3.63, 3.8) is 0 Å². The Balaban J connectivity index is 2.32. The summed E-state index contributed by atoms with van der Waals surface area (Å²) < 4.78 is 0. The van der Waals surface area contributed by atoms with Gasteiger partial charge in [-0.05, 0) is 29.7 Å². The van der Waals surface area contributed by atoms with Crippen LogP contribution in [-0.4, -0.2) is 16.2 Å². The molecular formula is C16H15ClN2O3. The lowest BCUT2D eigenvalue weighted by Gasteiger charge is -2.04. The van der Waals surface area contributed by atoms with Gasteiger partial charge < -0.3 is 5.11 Å². The molecule has 2 aromatic carbocycles. The van der Waals surface area contributed by atoms with Crippen LogP contribution in [-0.2, 0) is 0 Å². The molecule has 0 aliphatic carbocycles. The fraction of sp³-hybridized carbons (Fsp3) is 0.188. The summed E-state index contributed by atoms with van der Waals surface area (Å²) in [6.45, 7) is 4.20. The topological polar surface area (TPSA) is 75.7 Å². The third-order valence-corrected chi connectivity index (χ3v) is 3.41. The molecule has 0 saturated heterocycles. The maximum Gasteiger partial charge on any atom is 0.312 e. The van der Waals surface area contributed by atoms with Crippen molar-refractivity contribution in [3.05, 3.63) is 62.7 Å². The van der Waals surface area contributed by atoms with E-state index in [9.17, 15) is 15.2 Å². The van der Waals surface area contributed by atoms with E-state index in [1.807, 2.05) is 24.3 Å². The number of aromatic hydroxyl groups is 1. The Morgan fingerprint density at radius 3 is 2.45 bits per heavy atom. The molecule has 0 amide bonds. The number of nitrogens with zero attached hydrogens (tertiary/aromatic N) is 2. The second kappa shape index (κ2) is 6.58. The van der Waals surface area contributed by atoms with Gasteiger partial charge in [0.05, 0.1) is 10.6 Å². The highest BCUT2D eigenvalue weighted by molar-refractivity contribution is 6.31. The molecule has 0 bridgehead atoms. The van der Waals surface area contributed by atoms with E-state index in [1.165, 1.54) is 17.8 Å². The van der Waals surface area contributed by atoms with Crippen LogP contribution >= 0.6 is 11.6 Å². The van der Waals surface area contributed by atoms with E-state index in [1.54, 1.807) is 0 Å². The average molecular weight is 319 g/mol. The summed E-state index contributed by atoms with van der Waals surface area (Å²) >= 11 is 5.83. The van der Waals surface area contributed by atoms with Crippen LogP contribution in [0.5, 0.6) is 5.75 Å². The molecule has 0 spiro atoms. The number of hydrogen-bond donors (Lipinski definition) is 1. The molecule has 0 fully saturated rings. The van der Waals surface area contributed by atoms with Gasteiger partial charge in [0, 0.05) is 22.9 Å². The summed E-state index contributed by atoms with van der Waals surface area (Å²) in [6, 6.07) is 10.2.